The second-order valence-electron chi connectivity index (χ2n) is 7.17. The Kier molecular flexibility index (Phi) is 5.28. The lowest BCUT2D eigenvalue weighted by Gasteiger charge is -2.35. The summed E-state index contributed by atoms with van der Waals surface area (Å²) < 4.78 is 0. The molecule has 0 saturated carbocycles. The van der Waals surface area contributed by atoms with Gasteiger partial charge in [0.15, 0.2) is 0 Å². The minimum absolute atomic E-state index is 0.246. The number of likely N-dealkylation sites (tertiary alicyclic amines) is 1. The zero-order valence-electron chi connectivity index (χ0n) is 14.7. The van der Waals surface area contributed by atoms with E-state index in [2.05, 4.69) is 52.3 Å². The van der Waals surface area contributed by atoms with Crippen molar-refractivity contribution in [2.24, 2.45) is 5.92 Å². The first-order valence-electron chi connectivity index (χ1n) is 9.36. The van der Waals surface area contributed by atoms with Crippen molar-refractivity contribution in [2.75, 3.05) is 37.7 Å². The molecule has 2 aliphatic heterocycles. The molecule has 0 spiro atoms. The molecule has 4 rings (SSSR count). The van der Waals surface area contributed by atoms with Crippen LogP contribution in [0.1, 0.15) is 18.4 Å². The molecule has 2 heterocycles. The molecule has 2 aromatic carbocycles. The highest BCUT2D eigenvalue weighted by Gasteiger charge is 2.29. The average Bonchev–Trinajstić information content (AvgIpc) is 2.69. The molecule has 0 aliphatic carbocycles. The highest BCUT2D eigenvalue weighted by atomic mass is 32.2. The van der Waals surface area contributed by atoms with Crippen LogP contribution in [0.25, 0.3) is 10.8 Å². The minimum Gasteiger partial charge on any atom is -0.341 e. The second kappa shape index (κ2) is 7.79. The maximum absolute atomic E-state index is 12.7. The highest BCUT2D eigenvalue weighted by molar-refractivity contribution is 7.99. The predicted molar refractivity (Wildman–Crippen MR) is 106 cm³/mol. The Morgan fingerprint density at radius 3 is 2.44 bits per heavy atom. The topological polar surface area (TPSA) is 23.6 Å². The van der Waals surface area contributed by atoms with E-state index in [9.17, 15) is 4.79 Å². The third-order valence-corrected chi connectivity index (χ3v) is 6.42. The molecule has 0 unspecified atom stereocenters. The van der Waals surface area contributed by atoms with Gasteiger partial charge in [0.05, 0.1) is 0 Å². The first-order chi connectivity index (χ1) is 12.3. The average molecular weight is 355 g/mol. The number of piperidine rings is 1. The molecule has 2 aromatic rings. The van der Waals surface area contributed by atoms with E-state index in [4.69, 9.17) is 0 Å². The number of thioether (sulfide) groups is 1. The summed E-state index contributed by atoms with van der Waals surface area (Å²) in [5.74, 6) is 2.86. The van der Waals surface area contributed by atoms with Crippen LogP contribution in [-0.4, -0.2) is 53.4 Å². The van der Waals surface area contributed by atoms with Crippen LogP contribution in [0.2, 0.25) is 0 Å². The molecule has 2 fully saturated rings. The first kappa shape index (κ1) is 16.9. The summed E-state index contributed by atoms with van der Waals surface area (Å²) in [5, 5.41) is 2.61. The van der Waals surface area contributed by atoms with Gasteiger partial charge in [0.25, 0.3) is 0 Å². The third kappa shape index (κ3) is 4.01. The quantitative estimate of drug-likeness (QED) is 0.841. The van der Waals surface area contributed by atoms with Crippen molar-refractivity contribution in [1.29, 1.82) is 0 Å². The predicted octanol–water partition coefficient (Wildman–Crippen LogP) is 3.63. The summed E-state index contributed by atoms with van der Waals surface area (Å²) >= 11 is 1.96. The molecule has 1 amide bonds. The van der Waals surface area contributed by atoms with Crippen LogP contribution in [0.3, 0.4) is 0 Å². The van der Waals surface area contributed by atoms with Crippen LogP contribution in [0.15, 0.2) is 42.5 Å². The van der Waals surface area contributed by atoms with E-state index in [0.29, 0.717) is 5.91 Å². The third-order valence-electron chi connectivity index (χ3n) is 5.48. The zero-order valence-corrected chi connectivity index (χ0v) is 15.5. The van der Waals surface area contributed by atoms with E-state index in [-0.39, 0.29) is 5.92 Å². The highest BCUT2D eigenvalue weighted by Crippen LogP contribution is 2.24. The summed E-state index contributed by atoms with van der Waals surface area (Å²) in [7, 11) is 0. The van der Waals surface area contributed by atoms with Crippen molar-refractivity contribution in [1.82, 2.24) is 9.80 Å². The van der Waals surface area contributed by atoms with Crippen LogP contribution in [0.5, 0.6) is 0 Å². The summed E-state index contributed by atoms with van der Waals surface area (Å²) in [5.41, 5.74) is 1.37. The van der Waals surface area contributed by atoms with E-state index in [1.165, 1.54) is 16.3 Å². The normalized spacial score (nSPS) is 20.1. The van der Waals surface area contributed by atoms with Gasteiger partial charge in [-0.15, -0.1) is 0 Å². The second-order valence-corrected chi connectivity index (χ2v) is 8.39. The molecule has 0 N–H and O–H groups in total. The van der Waals surface area contributed by atoms with Gasteiger partial charge < -0.3 is 4.90 Å². The lowest BCUT2D eigenvalue weighted by molar-refractivity contribution is -0.136. The van der Waals surface area contributed by atoms with Crippen LogP contribution in [-0.2, 0) is 11.3 Å². The molecule has 132 valence electrons. The van der Waals surface area contributed by atoms with Gasteiger partial charge in [0.1, 0.15) is 0 Å². The molecule has 3 nitrogen and oxygen atoms in total. The number of fused-ring (bicyclic) bond motifs is 1. The summed E-state index contributed by atoms with van der Waals surface area (Å²) in [4.78, 5) is 17.3. The summed E-state index contributed by atoms with van der Waals surface area (Å²) in [6.45, 7) is 4.95. The van der Waals surface area contributed by atoms with Crippen LogP contribution in [0, 0.1) is 5.92 Å². The molecule has 25 heavy (non-hydrogen) atoms. The lowest BCUT2D eigenvalue weighted by Crippen LogP contribution is -2.45. The fourth-order valence-corrected chi connectivity index (χ4v) is 4.88. The van der Waals surface area contributed by atoms with Crippen molar-refractivity contribution >= 4 is 28.4 Å². The Bertz CT molecular complexity index is 734. The van der Waals surface area contributed by atoms with Gasteiger partial charge in [-0.25, -0.2) is 0 Å². The molecule has 2 aliphatic rings. The Balaban J connectivity index is 1.32. The maximum atomic E-state index is 12.7. The van der Waals surface area contributed by atoms with Gasteiger partial charge in [-0.1, -0.05) is 36.4 Å². The van der Waals surface area contributed by atoms with E-state index in [1.807, 2.05) is 11.8 Å². The smallest absolute Gasteiger partial charge is 0.225 e. The number of carbonyl (C=O) groups is 1. The Hall–Kier alpha value is -1.52. The molecular weight excluding hydrogens is 328 g/mol. The Labute approximate surface area is 154 Å². The lowest BCUT2D eigenvalue weighted by atomic mass is 9.94. The van der Waals surface area contributed by atoms with Gasteiger partial charge in [-0.2, -0.15) is 11.8 Å². The molecule has 2 saturated heterocycles. The van der Waals surface area contributed by atoms with E-state index >= 15 is 0 Å². The number of benzene rings is 2. The number of carbonyl (C=O) groups excluding carboxylic acids is 1. The summed E-state index contributed by atoms with van der Waals surface area (Å²) in [6.07, 6.45) is 2.02. The SMILES string of the molecule is O=C(C1CCN(Cc2ccc3ccccc3c2)CC1)N1CCSCC1. The van der Waals surface area contributed by atoms with E-state index in [1.54, 1.807) is 0 Å². The van der Waals surface area contributed by atoms with Crippen molar-refractivity contribution in [3.8, 4) is 0 Å². The molecule has 0 bridgehead atoms. The number of rotatable bonds is 3. The van der Waals surface area contributed by atoms with Crippen LogP contribution < -0.4 is 0 Å². The first-order valence-corrected chi connectivity index (χ1v) is 10.5. The largest absolute Gasteiger partial charge is 0.341 e. The zero-order chi connectivity index (χ0) is 17.1. The van der Waals surface area contributed by atoms with Gasteiger partial charge in [-0.3, -0.25) is 9.69 Å². The standard InChI is InChI=1S/C21H26N2OS/c24-21(23-11-13-25-14-12-23)19-7-9-22(10-8-19)16-17-5-6-18-3-1-2-4-20(18)15-17/h1-6,15,19H,7-14,16H2. The maximum Gasteiger partial charge on any atom is 0.225 e. The monoisotopic (exact) mass is 354 g/mol. The molecular formula is C21H26N2OS. The van der Waals surface area contributed by atoms with E-state index < -0.39 is 0 Å². The van der Waals surface area contributed by atoms with Crippen LogP contribution >= 0.6 is 11.8 Å². The van der Waals surface area contributed by atoms with Crippen molar-refractivity contribution in [2.45, 2.75) is 19.4 Å². The fraction of sp³-hybridized carbons (Fsp3) is 0.476. The number of nitrogens with zero attached hydrogens (tertiary/aromatic N) is 2. The van der Waals surface area contributed by atoms with Crippen molar-refractivity contribution in [3.05, 3.63) is 48.0 Å². The minimum atomic E-state index is 0.246. The number of hydrogen-bond donors (Lipinski definition) is 0. The fourth-order valence-electron chi connectivity index (χ4n) is 3.98. The van der Waals surface area contributed by atoms with Crippen molar-refractivity contribution < 1.29 is 4.79 Å². The van der Waals surface area contributed by atoms with Crippen LogP contribution in [0.4, 0.5) is 0 Å². The van der Waals surface area contributed by atoms with Gasteiger partial charge >= 0.3 is 0 Å². The summed E-state index contributed by atoms with van der Waals surface area (Å²) in [6, 6.07) is 15.3. The molecule has 4 heteroatoms. The van der Waals surface area contributed by atoms with E-state index in [0.717, 1.165) is 57.1 Å². The number of amides is 1. The Morgan fingerprint density at radius 2 is 1.68 bits per heavy atom. The molecule has 0 aromatic heterocycles. The van der Waals surface area contributed by atoms with Gasteiger partial charge in [-0.05, 0) is 48.3 Å². The van der Waals surface area contributed by atoms with Gasteiger partial charge in [0, 0.05) is 37.1 Å². The number of hydrogen-bond acceptors (Lipinski definition) is 3. The van der Waals surface area contributed by atoms with Gasteiger partial charge in [0.2, 0.25) is 5.91 Å². The molecule has 0 radical (unpaired) electrons. The van der Waals surface area contributed by atoms with Crippen molar-refractivity contribution in [3.63, 3.8) is 0 Å². The molecule has 0 atom stereocenters. The Morgan fingerprint density at radius 1 is 0.960 bits per heavy atom.